The zero-order chi connectivity index (χ0) is 16.1. The highest BCUT2D eigenvalue weighted by molar-refractivity contribution is 7.90. The van der Waals surface area contributed by atoms with Gasteiger partial charge in [0.15, 0.2) is 0 Å². The number of sulfonamides is 1. The van der Waals surface area contributed by atoms with Crippen molar-refractivity contribution >= 4 is 21.7 Å². The van der Waals surface area contributed by atoms with E-state index in [-0.39, 0.29) is 10.4 Å². The number of nitrogens with one attached hydrogen (secondary N) is 1. The Balaban J connectivity index is 2.14. The SMILES string of the molecule is CCN1C(N2NC(C)(C)C=C2C)=NS(=O)(=O)c2ccccc21. The second-order valence-corrected chi connectivity index (χ2v) is 7.61. The Morgan fingerprint density at radius 2 is 1.95 bits per heavy atom. The third-order valence-corrected chi connectivity index (χ3v) is 5.02. The number of benzene rings is 1. The molecule has 0 saturated heterocycles. The Morgan fingerprint density at radius 3 is 2.55 bits per heavy atom. The Kier molecular flexibility index (Phi) is 3.30. The molecule has 0 unspecified atom stereocenters. The average molecular weight is 320 g/mol. The van der Waals surface area contributed by atoms with E-state index in [4.69, 9.17) is 0 Å². The molecule has 0 bridgehead atoms. The highest BCUT2D eigenvalue weighted by Crippen LogP contribution is 2.33. The minimum absolute atomic E-state index is 0.243. The van der Waals surface area contributed by atoms with Crippen LogP contribution in [0.15, 0.2) is 45.3 Å². The van der Waals surface area contributed by atoms with Crippen molar-refractivity contribution in [3.05, 3.63) is 36.0 Å². The minimum atomic E-state index is -3.69. The van der Waals surface area contributed by atoms with Crippen LogP contribution in [0.2, 0.25) is 0 Å². The topological polar surface area (TPSA) is 65.0 Å². The van der Waals surface area contributed by atoms with Gasteiger partial charge in [0.2, 0.25) is 5.96 Å². The number of fused-ring (bicyclic) bond motifs is 1. The van der Waals surface area contributed by atoms with Crippen LogP contribution in [-0.4, -0.2) is 31.5 Å². The Hall–Kier alpha value is -1.86. The monoisotopic (exact) mass is 320 g/mol. The van der Waals surface area contributed by atoms with Gasteiger partial charge >= 0.3 is 0 Å². The molecule has 1 N–H and O–H groups in total. The van der Waals surface area contributed by atoms with E-state index in [0.29, 0.717) is 18.2 Å². The van der Waals surface area contributed by atoms with Crippen molar-refractivity contribution in [2.75, 3.05) is 11.4 Å². The fourth-order valence-corrected chi connectivity index (χ4v) is 4.07. The highest BCUT2D eigenvalue weighted by Gasteiger charge is 2.37. The lowest BCUT2D eigenvalue weighted by Gasteiger charge is -2.36. The van der Waals surface area contributed by atoms with E-state index in [1.165, 1.54) is 0 Å². The van der Waals surface area contributed by atoms with Crippen molar-refractivity contribution < 1.29 is 8.42 Å². The molecule has 1 aromatic rings. The van der Waals surface area contributed by atoms with E-state index >= 15 is 0 Å². The third-order valence-electron chi connectivity index (χ3n) is 3.72. The zero-order valence-corrected chi connectivity index (χ0v) is 14.0. The molecule has 2 aliphatic rings. The van der Waals surface area contributed by atoms with Gasteiger partial charge in [0.05, 0.1) is 11.2 Å². The van der Waals surface area contributed by atoms with Crippen LogP contribution < -0.4 is 10.3 Å². The van der Waals surface area contributed by atoms with E-state index in [2.05, 4.69) is 15.9 Å². The molecule has 0 radical (unpaired) electrons. The number of anilines is 1. The molecule has 0 saturated carbocycles. The molecule has 0 fully saturated rings. The lowest BCUT2D eigenvalue weighted by Crippen LogP contribution is -2.53. The number of nitrogens with zero attached hydrogens (tertiary/aromatic N) is 3. The van der Waals surface area contributed by atoms with Gasteiger partial charge in [-0.3, -0.25) is 0 Å². The maximum absolute atomic E-state index is 12.5. The molecule has 0 aliphatic carbocycles. The van der Waals surface area contributed by atoms with E-state index in [1.54, 1.807) is 17.1 Å². The first-order chi connectivity index (χ1) is 10.2. The van der Waals surface area contributed by atoms with Gasteiger partial charge in [0.1, 0.15) is 4.90 Å². The summed E-state index contributed by atoms with van der Waals surface area (Å²) >= 11 is 0. The number of guanidine groups is 1. The van der Waals surface area contributed by atoms with E-state index in [1.807, 2.05) is 44.7 Å². The van der Waals surface area contributed by atoms with Gasteiger partial charge in [-0.2, -0.15) is 8.42 Å². The van der Waals surface area contributed by atoms with Gasteiger partial charge in [-0.05, 0) is 45.9 Å². The summed E-state index contributed by atoms with van der Waals surface area (Å²) in [6.07, 6.45) is 2.05. The summed E-state index contributed by atoms with van der Waals surface area (Å²) in [5.41, 5.74) is 4.63. The number of hydrazine groups is 1. The van der Waals surface area contributed by atoms with Gasteiger partial charge in [0, 0.05) is 12.2 Å². The molecule has 0 amide bonds. The van der Waals surface area contributed by atoms with Crippen LogP contribution in [0.25, 0.3) is 0 Å². The molecule has 118 valence electrons. The van der Waals surface area contributed by atoms with E-state index in [9.17, 15) is 8.42 Å². The Morgan fingerprint density at radius 1 is 1.27 bits per heavy atom. The maximum atomic E-state index is 12.5. The number of hydrogen-bond acceptors (Lipinski definition) is 5. The van der Waals surface area contributed by atoms with Gasteiger partial charge in [-0.25, -0.2) is 10.4 Å². The summed E-state index contributed by atoms with van der Waals surface area (Å²) in [4.78, 5) is 2.16. The first kappa shape index (κ1) is 15.1. The zero-order valence-electron chi connectivity index (χ0n) is 13.2. The molecular weight excluding hydrogens is 300 g/mol. The predicted molar refractivity (Wildman–Crippen MR) is 86.9 cm³/mol. The standard InChI is InChI=1S/C15H20N4O2S/c1-5-18-12-8-6-7-9-13(12)22(20,21)16-14(18)19-11(2)10-15(3,4)17-19/h6-10,17H,5H2,1-4H3. The van der Waals surface area contributed by atoms with Crippen molar-refractivity contribution in [1.29, 1.82) is 0 Å². The highest BCUT2D eigenvalue weighted by atomic mass is 32.2. The second-order valence-electron chi connectivity index (χ2n) is 6.03. The van der Waals surface area contributed by atoms with Crippen LogP contribution in [-0.2, 0) is 10.0 Å². The smallest absolute Gasteiger partial charge is 0.287 e. The summed E-state index contributed by atoms with van der Waals surface area (Å²) < 4.78 is 29.0. The third kappa shape index (κ3) is 2.30. The number of para-hydroxylation sites is 1. The summed E-state index contributed by atoms with van der Waals surface area (Å²) in [5, 5.41) is 1.75. The summed E-state index contributed by atoms with van der Waals surface area (Å²) in [5.74, 6) is 0.389. The maximum Gasteiger partial charge on any atom is 0.287 e. The molecule has 6 nitrogen and oxygen atoms in total. The van der Waals surface area contributed by atoms with Gasteiger partial charge in [-0.15, -0.1) is 4.40 Å². The normalized spacial score (nSPS) is 22.2. The number of rotatable bonds is 1. The largest absolute Gasteiger partial charge is 0.309 e. The molecule has 7 heteroatoms. The van der Waals surface area contributed by atoms with Gasteiger partial charge in [0.25, 0.3) is 10.0 Å². The molecule has 1 aromatic carbocycles. The van der Waals surface area contributed by atoms with E-state index < -0.39 is 10.0 Å². The fourth-order valence-electron chi connectivity index (χ4n) is 2.89. The molecule has 2 heterocycles. The molecule has 0 atom stereocenters. The summed E-state index contributed by atoms with van der Waals surface area (Å²) in [7, 11) is -3.69. The first-order valence-corrected chi connectivity index (χ1v) is 8.68. The fraction of sp³-hybridized carbons (Fsp3) is 0.400. The lowest BCUT2D eigenvalue weighted by molar-refractivity contribution is 0.321. The van der Waals surface area contributed by atoms with E-state index in [0.717, 1.165) is 5.70 Å². The van der Waals surface area contributed by atoms with Gasteiger partial charge < -0.3 is 4.90 Å². The second kappa shape index (κ2) is 4.82. The number of allylic oxidation sites excluding steroid dienone is 1. The molecule has 0 spiro atoms. The lowest BCUT2D eigenvalue weighted by atomic mass is 10.1. The Labute approximate surface area is 131 Å². The molecule has 0 aromatic heterocycles. The van der Waals surface area contributed by atoms with Crippen LogP contribution in [0.1, 0.15) is 27.7 Å². The summed E-state index contributed by atoms with van der Waals surface area (Å²) in [6, 6.07) is 6.96. The molecule has 22 heavy (non-hydrogen) atoms. The van der Waals surface area contributed by atoms with Crippen molar-refractivity contribution in [1.82, 2.24) is 10.4 Å². The van der Waals surface area contributed by atoms with Crippen molar-refractivity contribution in [2.45, 2.75) is 38.1 Å². The van der Waals surface area contributed by atoms with Crippen molar-refractivity contribution in [3.8, 4) is 0 Å². The van der Waals surface area contributed by atoms with Crippen LogP contribution >= 0.6 is 0 Å². The van der Waals surface area contributed by atoms with Crippen LogP contribution in [0, 0.1) is 0 Å². The average Bonchev–Trinajstić information content (AvgIpc) is 2.71. The van der Waals surface area contributed by atoms with Crippen LogP contribution in [0.5, 0.6) is 0 Å². The van der Waals surface area contributed by atoms with Crippen LogP contribution in [0.3, 0.4) is 0 Å². The Bertz CT molecular complexity index is 780. The van der Waals surface area contributed by atoms with Crippen molar-refractivity contribution in [2.24, 2.45) is 4.40 Å². The molecule has 2 aliphatic heterocycles. The van der Waals surface area contributed by atoms with Crippen molar-refractivity contribution in [3.63, 3.8) is 0 Å². The minimum Gasteiger partial charge on any atom is -0.309 e. The molecule has 3 rings (SSSR count). The first-order valence-electron chi connectivity index (χ1n) is 7.24. The quantitative estimate of drug-likeness (QED) is 0.858. The number of hydrogen-bond donors (Lipinski definition) is 1. The predicted octanol–water partition coefficient (Wildman–Crippen LogP) is 2.07. The summed E-state index contributed by atoms with van der Waals surface area (Å²) in [6.45, 7) is 8.59. The van der Waals surface area contributed by atoms with Crippen LogP contribution in [0.4, 0.5) is 5.69 Å². The molecular formula is C15H20N4O2S. The van der Waals surface area contributed by atoms with Gasteiger partial charge in [-0.1, -0.05) is 12.1 Å².